The van der Waals surface area contributed by atoms with Gasteiger partial charge in [0.15, 0.2) is 0 Å². The smallest absolute Gasteiger partial charge is 0.115 e. The number of fused-ring (bicyclic) bond motifs is 1. The van der Waals surface area contributed by atoms with Crippen molar-refractivity contribution in [1.82, 2.24) is 4.90 Å². The summed E-state index contributed by atoms with van der Waals surface area (Å²) in [6.07, 6.45) is 10.9. The number of piperidine rings is 1. The molecule has 0 aromatic heterocycles. The third-order valence-corrected chi connectivity index (χ3v) is 7.69. The van der Waals surface area contributed by atoms with Crippen molar-refractivity contribution in [3.8, 4) is 5.75 Å². The molecule has 2 saturated carbocycles. The summed E-state index contributed by atoms with van der Waals surface area (Å²) in [6.45, 7) is 3.76. The van der Waals surface area contributed by atoms with E-state index in [0.29, 0.717) is 11.2 Å². The minimum Gasteiger partial charge on any atom is -0.508 e. The predicted molar refractivity (Wildman–Crippen MR) is 92.7 cm³/mol. The van der Waals surface area contributed by atoms with Crippen molar-refractivity contribution in [3.05, 3.63) is 29.3 Å². The van der Waals surface area contributed by atoms with Crippen molar-refractivity contribution in [2.24, 2.45) is 11.8 Å². The quantitative estimate of drug-likeness (QED) is 0.882. The molecular formula is C21H29NO. The fraction of sp³-hybridized carbons (Fsp3) is 0.714. The molecule has 4 atom stereocenters. The molecule has 1 unspecified atom stereocenters. The second kappa shape index (κ2) is 4.99. The molecule has 5 rings (SSSR count). The second-order valence-corrected chi connectivity index (χ2v) is 8.69. The highest BCUT2D eigenvalue weighted by atomic mass is 16.3. The van der Waals surface area contributed by atoms with Crippen LogP contribution in [0, 0.1) is 11.8 Å². The van der Waals surface area contributed by atoms with Crippen LogP contribution in [0.2, 0.25) is 0 Å². The average molecular weight is 311 g/mol. The Hall–Kier alpha value is -1.02. The van der Waals surface area contributed by atoms with Crippen LogP contribution in [0.15, 0.2) is 18.2 Å². The predicted octanol–water partition coefficient (Wildman–Crippen LogP) is 4.25. The Morgan fingerprint density at radius 1 is 1.17 bits per heavy atom. The monoisotopic (exact) mass is 311 g/mol. The van der Waals surface area contributed by atoms with Gasteiger partial charge in [0.2, 0.25) is 0 Å². The summed E-state index contributed by atoms with van der Waals surface area (Å²) in [7, 11) is 0. The van der Waals surface area contributed by atoms with Crippen LogP contribution in [-0.4, -0.2) is 28.6 Å². The molecule has 1 heterocycles. The van der Waals surface area contributed by atoms with Crippen LogP contribution >= 0.6 is 0 Å². The minimum atomic E-state index is 0.370. The summed E-state index contributed by atoms with van der Waals surface area (Å²) in [6, 6.07) is 7.76. The van der Waals surface area contributed by atoms with Gasteiger partial charge in [-0.3, -0.25) is 4.90 Å². The first kappa shape index (κ1) is 14.3. The lowest BCUT2D eigenvalue weighted by molar-refractivity contribution is -0.0343. The number of phenolic OH excluding ortho intramolecular Hbond substituents is 1. The van der Waals surface area contributed by atoms with Crippen LogP contribution in [0.4, 0.5) is 0 Å². The zero-order valence-corrected chi connectivity index (χ0v) is 14.3. The molecule has 4 aliphatic rings. The highest BCUT2D eigenvalue weighted by Crippen LogP contribution is 2.57. The standard InChI is InChI=1S/C21H29NO/c1-14(15-5-6-15)22-11-10-21-9-3-2-4-18(21)20(22)12-16-7-8-17(23)13-19(16)21/h7-8,13-15,18,20,23H,2-6,9-12H2,1H3/t14-,18?,20-,21-/m1/s1. The van der Waals surface area contributed by atoms with Crippen molar-refractivity contribution < 1.29 is 5.11 Å². The first-order chi connectivity index (χ1) is 11.2. The number of nitrogens with zero attached hydrogens (tertiary/aromatic N) is 1. The number of likely N-dealkylation sites (tertiary alicyclic amines) is 1. The van der Waals surface area contributed by atoms with E-state index in [1.54, 1.807) is 0 Å². The first-order valence-electron chi connectivity index (χ1n) is 9.77. The first-order valence-corrected chi connectivity index (χ1v) is 9.77. The molecular weight excluding hydrogens is 282 g/mol. The van der Waals surface area contributed by atoms with Gasteiger partial charge in [0.05, 0.1) is 0 Å². The zero-order chi connectivity index (χ0) is 15.6. The van der Waals surface area contributed by atoms with Crippen LogP contribution in [0.25, 0.3) is 0 Å². The van der Waals surface area contributed by atoms with Crippen LogP contribution in [-0.2, 0) is 11.8 Å². The maximum absolute atomic E-state index is 10.1. The highest BCUT2D eigenvalue weighted by molar-refractivity contribution is 5.45. The number of phenols is 1. The van der Waals surface area contributed by atoms with Gasteiger partial charge < -0.3 is 5.11 Å². The minimum absolute atomic E-state index is 0.370. The molecule has 23 heavy (non-hydrogen) atoms. The molecule has 1 N–H and O–H groups in total. The van der Waals surface area contributed by atoms with Gasteiger partial charge in [-0.15, -0.1) is 0 Å². The van der Waals surface area contributed by atoms with Gasteiger partial charge in [-0.2, -0.15) is 0 Å². The maximum Gasteiger partial charge on any atom is 0.115 e. The number of hydrogen-bond donors (Lipinski definition) is 1. The van der Waals surface area contributed by atoms with Crippen molar-refractivity contribution in [2.75, 3.05) is 6.54 Å². The number of hydrogen-bond acceptors (Lipinski definition) is 2. The van der Waals surface area contributed by atoms with E-state index in [1.165, 1.54) is 69.0 Å². The lowest BCUT2D eigenvalue weighted by Crippen LogP contribution is -2.62. The van der Waals surface area contributed by atoms with E-state index < -0.39 is 0 Å². The summed E-state index contributed by atoms with van der Waals surface area (Å²) in [5.41, 5.74) is 3.41. The van der Waals surface area contributed by atoms with Crippen molar-refractivity contribution >= 4 is 0 Å². The summed E-state index contributed by atoms with van der Waals surface area (Å²) in [5, 5.41) is 10.1. The molecule has 0 spiro atoms. The van der Waals surface area contributed by atoms with Crippen LogP contribution in [0.5, 0.6) is 5.75 Å². The normalized spacial score (nSPS) is 37.8. The van der Waals surface area contributed by atoms with Crippen molar-refractivity contribution in [2.45, 2.75) is 75.8 Å². The fourth-order valence-electron chi connectivity index (χ4n) is 6.38. The maximum atomic E-state index is 10.1. The average Bonchev–Trinajstić information content (AvgIpc) is 3.40. The van der Waals surface area contributed by atoms with Crippen molar-refractivity contribution in [3.63, 3.8) is 0 Å². The lowest BCUT2D eigenvalue weighted by Gasteiger charge is -2.60. The van der Waals surface area contributed by atoms with Gasteiger partial charge >= 0.3 is 0 Å². The van der Waals surface area contributed by atoms with E-state index >= 15 is 0 Å². The van der Waals surface area contributed by atoms with E-state index in [4.69, 9.17) is 0 Å². The van der Waals surface area contributed by atoms with E-state index in [1.807, 2.05) is 6.07 Å². The van der Waals surface area contributed by atoms with Crippen LogP contribution in [0.3, 0.4) is 0 Å². The summed E-state index contributed by atoms with van der Waals surface area (Å²) < 4.78 is 0. The molecule has 1 aromatic rings. The Bertz CT molecular complexity index is 622. The molecule has 0 radical (unpaired) electrons. The highest BCUT2D eigenvalue weighted by Gasteiger charge is 2.55. The summed E-state index contributed by atoms with van der Waals surface area (Å²) >= 11 is 0. The van der Waals surface area contributed by atoms with E-state index in [-0.39, 0.29) is 0 Å². The van der Waals surface area contributed by atoms with Gasteiger partial charge in [-0.05, 0) is 87.1 Å². The van der Waals surface area contributed by atoms with E-state index in [2.05, 4.69) is 24.0 Å². The molecule has 124 valence electrons. The lowest BCUT2D eigenvalue weighted by atomic mass is 9.52. The van der Waals surface area contributed by atoms with Gasteiger partial charge in [-0.25, -0.2) is 0 Å². The van der Waals surface area contributed by atoms with Gasteiger partial charge in [0.1, 0.15) is 5.75 Å². The fourth-order valence-corrected chi connectivity index (χ4v) is 6.38. The third kappa shape index (κ3) is 2.03. The molecule has 1 aromatic carbocycles. The van der Waals surface area contributed by atoms with E-state index in [9.17, 15) is 5.11 Å². The Morgan fingerprint density at radius 3 is 2.87 bits per heavy atom. The Kier molecular flexibility index (Phi) is 3.11. The Balaban J connectivity index is 1.59. The molecule has 3 fully saturated rings. The molecule has 1 aliphatic heterocycles. The molecule has 2 nitrogen and oxygen atoms in total. The van der Waals surface area contributed by atoms with Gasteiger partial charge in [0.25, 0.3) is 0 Å². The summed E-state index contributed by atoms with van der Waals surface area (Å²) in [4.78, 5) is 2.89. The number of benzene rings is 1. The Morgan fingerprint density at radius 2 is 2.04 bits per heavy atom. The zero-order valence-electron chi connectivity index (χ0n) is 14.3. The molecule has 0 amide bonds. The SMILES string of the molecule is C[C@H](C1CC1)N1CC[C@]23CCCCC2[C@H]1Cc1ccc(O)cc13. The van der Waals surface area contributed by atoms with Gasteiger partial charge in [-0.1, -0.05) is 18.9 Å². The second-order valence-electron chi connectivity index (χ2n) is 8.69. The molecule has 2 heteroatoms. The Labute approximate surface area is 139 Å². The summed E-state index contributed by atoms with van der Waals surface area (Å²) in [5.74, 6) is 2.25. The number of rotatable bonds is 2. The third-order valence-electron chi connectivity index (χ3n) is 7.69. The van der Waals surface area contributed by atoms with Gasteiger partial charge in [0, 0.05) is 17.5 Å². The van der Waals surface area contributed by atoms with Crippen LogP contribution < -0.4 is 0 Å². The molecule has 1 saturated heterocycles. The largest absolute Gasteiger partial charge is 0.508 e. The molecule has 3 aliphatic carbocycles. The number of aromatic hydroxyl groups is 1. The molecule has 2 bridgehead atoms. The topological polar surface area (TPSA) is 23.5 Å². The van der Waals surface area contributed by atoms with E-state index in [0.717, 1.165) is 23.9 Å². The van der Waals surface area contributed by atoms with Crippen LogP contribution in [0.1, 0.15) is 63.0 Å². The van der Waals surface area contributed by atoms with Crippen molar-refractivity contribution in [1.29, 1.82) is 0 Å².